The van der Waals surface area contributed by atoms with Gasteiger partial charge in [-0.3, -0.25) is 10.6 Å². The van der Waals surface area contributed by atoms with Gasteiger partial charge in [0.15, 0.2) is 0 Å². The average molecular weight is 285 g/mol. The van der Waals surface area contributed by atoms with E-state index in [9.17, 15) is 4.79 Å². The van der Waals surface area contributed by atoms with Crippen LogP contribution in [0.5, 0.6) is 0 Å². The van der Waals surface area contributed by atoms with Crippen molar-refractivity contribution < 1.29 is 4.79 Å². The summed E-state index contributed by atoms with van der Waals surface area (Å²) in [5, 5.41) is 3.36. The molecule has 1 amide bonds. The maximum absolute atomic E-state index is 12.0. The Morgan fingerprint density at radius 2 is 2.16 bits per heavy atom. The normalized spacial score (nSPS) is 10.9. The van der Waals surface area contributed by atoms with Crippen molar-refractivity contribution in [3.63, 3.8) is 0 Å². The number of carbonyl (C=O) groups excluding carboxylic acids is 1. The molecule has 0 fully saturated rings. The highest BCUT2D eigenvalue weighted by atomic mass is 35.5. The summed E-state index contributed by atoms with van der Waals surface area (Å²) in [4.78, 5) is 14.2. The third kappa shape index (κ3) is 4.70. The number of carbonyl (C=O) groups is 1. The lowest BCUT2D eigenvalue weighted by Gasteiger charge is -2.21. The summed E-state index contributed by atoms with van der Waals surface area (Å²) in [6.07, 6.45) is 0. The highest BCUT2D eigenvalue weighted by molar-refractivity contribution is 6.31. The molecule has 19 heavy (non-hydrogen) atoms. The number of amides is 1. The van der Waals surface area contributed by atoms with Crippen molar-refractivity contribution in [1.82, 2.24) is 10.2 Å². The molecule has 6 heteroatoms. The number of anilines is 1. The zero-order chi connectivity index (χ0) is 14.4. The number of benzene rings is 1. The van der Waals surface area contributed by atoms with Crippen LogP contribution in [0.3, 0.4) is 0 Å². The Morgan fingerprint density at radius 1 is 1.47 bits per heavy atom. The average Bonchev–Trinajstić information content (AvgIpc) is 2.38. The monoisotopic (exact) mass is 284 g/mol. The molecule has 0 heterocycles. The van der Waals surface area contributed by atoms with Crippen molar-refractivity contribution in [3.8, 4) is 0 Å². The third-order valence-electron chi connectivity index (χ3n) is 3.01. The molecule has 5 nitrogen and oxygen atoms in total. The van der Waals surface area contributed by atoms with Crippen molar-refractivity contribution in [3.05, 3.63) is 28.8 Å². The number of nitrogens with one attached hydrogen (secondary N) is 2. The van der Waals surface area contributed by atoms with E-state index in [4.69, 9.17) is 17.4 Å². The van der Waals surface area contributed by atoms with E-state index in [2.05, 4.69) is 29.5 Å². The van der Waals surface area contributed by atoms with Crippen molar-refractivity contribution in [1.29, 1.82) is 0 Å². The predicted molar refractivity (Wildman–Crippen MR) is 79.4 cm³/mol. The molecule has 1 aromatic rings. The Morgan fingerprint density at radius 3 is 2.74 bits per heavy atom. The van der Waals surface area contributed by atoms with Crippen LogP contribution in [-0.4, -0.2) is 37.0 Å². The van der Waals surface area contributed by atoms with Crippen LogP contribution in [0.1, 0.15) is 24.2 Å². The Kier molecular flexibility index (Phi) is 6.08. The molecular weight excluding hydrogens is 264 g/mol. The first-order valence-electron chi connectivity index (χ1n) is 6.20. The fourth-order valence-electron chi connectivity index (χ4n) is 1.53. The number of nitrogens with zero attached hydrogens (tertiary/aromatic N) is 1. The van der Waals surface area contributed by atoms with E-state index in [0.717, 1.165) is 6.54 Å². The fraction of sp³-hybridized carbons (Fsp3) is 0.462. The summed E-state index contributed by atoms with van der Waals surface area (Å²) in [6, 6.07) is 5.40. The van der Waals surface area contributed by atoms with Gasteiger partial charge >= 0.3 is 0 Å². The van der Waals surface area contributed by atoms with Gasteiger partial charge in [0.1, 0.15) is 0 Å². The van der Waals surface area contributed by atoms with Gasteiger partial charge in [0, 0.05) is 24.2 Å². The largest absolute Gasteiger partial charge is 0.351 e. The van der Waals surface area contributed by atoms with Crippen molar-refractivity contribution >= 4 is 23.2 Å². The van der Waals surface area contributed by atoms with E-state index in [1.54, 1.807) is 18.2 Å². The molecular formula is C13H21ClN4O. The number of hydrogen-bond donors (Lipinski definition) is 3. The van der Waals surface area contributed by atoms with E-state index in [-0.39, 0.29) is 5.91 Å². The smallest absolute Gasteiger partial charge is 0.253 e. The maximum atomic E-state index is 12.0. The summed E-state index contributed by atoms with van der Waals surface area (Å²) >= 11 is 5.89. The molecule has 0 aromatic heterocycles. The molecule has 0 bridgehead atoms. The Hall–Kier alpha value is -1.30. The summed E-state index contributed by atoms with van der Waals surface area (Å²) in [6.45, 7) is 5.57. The van der Waals surface area contributed by atoms with Crippen LogP contribution in [0, 0.1) is 0 Å². The molecule has 0 unspecified atom stereocenters. The fourth-order valence-corrected chi connectivity index (χ4v) is 1.70. The van der Waals surface area contributed by atoms with Crippen molar-refractivity contribution in [2.45, 2.75) is 19.9 Å². The molecule has 0 spiro atoms. The van der Waals surface area contributed by atoms with Crippen LogP contribution in [-0.2, 0) is 0 Å². The summed E-state index contributed by atoms with van der Waals surface area (Å²) in [5.41, 5.74) is 3.49. The van der Waals surface area contributed by atoms with Gasteiger partial charge < -0.3 is 15.6 Å². The number of likely N-dealkylation sites (N-methyl/N-ethyl adjacent to an activating group) is 1. The maximum Gasteiger partial charge on any atom is 0.253 e. The minimum Gasteiger partial charge on any atom is -0.351 e. The second-order valence-corrected chi connectivity index (χ2v) is 5.10. The number of nitrogens with two attached hydrogens (primary N) is 1. The number of halogens is 1. The molecule has 0 aliphatic rings. The predicted octanol–water partition coefficient (Wildman–Crippen LogP) is 1.70. The number of nitrogen functional groups attached to an aromatic ring is 1. The lowest BCUT2D eigenvalue weighted by molar-refractivity contribution is 0.0949. The van der Waals surface area contributed by atoms with Gasteiger partial charge in [-0.05, 0) is 39.1 Å². The molecule has 0 saturated carbocycles. The lowest BCUT2D eigenvalue weighted by Crippen LogP contribution is -2.36. The molecule has 0 aliphatic heterocycles. The first-order chi connectivity index (χ1) is 8.95. The van der Waals surface area contributed by atoms with Gasteiger partial charge in [0.25, 0.3) is 5.91 Å². The summed E-state index contributed by atoms with van der Waals surface area (Å²) < 4.78 is 0. The Bertz CT molecular complexity index is 437. The highest BCUT2D eigenvalue weighted by Crippen LogP contribution is 2.19. The van der Waals surface area contributed by atoms with Gasteiger partial charge in [0.2, 0.25) is 0 Å². The molecule has 0 radical (unpaired) electrons. The van der Waals surface area contributed by atoms with Gasteiger partial charge in [-0.15, -0.1) is 0 Å². The van der Waals surface area contributed by atoms with Crippen molar-refractivity contribution in [2.75, 3.05) is 25.6 Å². The molecule has 0 aliphatic carbocycles. The lowest BCUT2D eigenvalue weighted by atomic mass is 10.1. The number of hydrogen-bond acceptors (Lipinski definition) is 4. The second kappa shape index (κ2) is 7.33. The minimum absolute atomic E-state index is 0.187. The third-order valence-corrected chi connectivity index (χ3v) is 3.25. The quantitative estimate of drug-likeness (QED) is 0.549. The van der Waals surface area contributed by atoms with Gasteiger partial charge in [-0.2, -0.15) is 0 Å². The van der Waals surface area contributed by atoms with Gasteiger partial charge in [0.05, 0.1) is 11.3 Å². The molecule has 1 aromatic carbocycles. The van der Waals surface area contributed by atoms with Crippen LogP contribution in [0.2, 0.25) is 5.02 Å². The molecule has 4 N–H and O–H groups in total. The van der Waals surface area contributed by atoms with Crippen LogP contribution >= 0.6 is 11.6 Å². The number of hydrazine groups is 1. The van der Waals surface area contributed by atoms with Crippen LogP contribution in [0.15, 0.2) is 18.2 Å². The van der Waals surface area contributed by atoms with Gasteiger partial charge in [-0.1, -0.05) is 11.6 Å². The summed E-state index contributed by atoms with van der Waals surface area (Å²) in [5.74, 6) is 5.19. The van der Waals surface area contributed by atoms with E-state index in [1.165, 1.54) is 0 Å². The standard InChI is InChI=1S/C13H21ClN4O/c1-9(2)18(3)7-6-16-13(19)11-8-10(14)4-5-12(11)17-15/h4-5,8-9,17H,6-7,15H2,1-3H3,(H,16,19). The SMILES string of the molecule is CC(C)N(C)CCNC(=O)c1cc(Cl)ccc1NN. The first kappa shape index (κ1) is 15.8. The van der Waals surface area contributed by atoms with Crippen LogP contribution < -0.4 is 16.6 Å². The Labute approximate surface area is 119 Å². The topological polar surface area (TPSA) is 70.4 Å². The Balaban J connectivity index is 2.61. The van der Waals surface area contributed by atoms with Gasteiger partial charge in [-0.25, -0.2) is 0 Å². The second-order valence-electron chi connectivity index (χ2n) is 4.66. The van der Waals surface area contributed by atoms with Crippen LogP contribution in [0.4, 0.5) is 5.69 Å². The van der Waals surface area contributed by atoms with Crippen molar-refractivity contribution in [2.24, 2.45) is 5.84 Å². The molecule has 0 atom stereocenters. The van der Waals surface area contributed by atoms with E-state index >= 15 is 0 Å². The van der Waals surface area contributed by atoms with E-state index in [0.29, 0.717) is 28.9 Å². The van der Waals surface area contributed by atoms with E-state index in [1.807, 2.05) is 7.05 Å². The minimum atomic E-state index is -0.187. The highest BCUT2D eigenvalue weighted by Gasteiger charge is 2.11. The zero-order valence-electron chi connectivity index (χ0n) is 11.5. The summed E-state index contributed by atoms with van der Waals surface area (Å²) in [7, 11) is 2.02. The zero-order valence-corrected chi connectivity index (χ0v) is 12.3. The van der Waals surface area contributed by atoms with Crippen LogP contribution in [0.25, 0.3) is 0 Å². The molecule has 106 valence electrons. The first-order valence-corrected chi connectivity index (χ1v) is 6.58. The number of rotatable bonds is 6. The van der Waals surface area contributed by atoms with E-state index < -0.39 is 0 Å². The molecule has 0 saturated heterocycles. The molecule has 1 rings (SSSR count).